The molecule has 0 radical (unpaired) electrons. The fourth-order valence-electron chi connectivity index (χ4n) is 3.87. The zero-order chi connectivity index (χ0) is 16.5. The molecule has 2 saturated heterocycles. The third kappa shape index (κ3) is 2.94. The summed E-state index contributed by atoms with van der Waals surface area (Å²) >= 11 is 0. The molecule has 0 atom stereocenters. The van der Waals surface area contributed by atoms with E-state index < -0.39 is 0 Å². The van der Waals surface area contributed by atoms with Gasteiger partial charge in [-0.1, -0.05) is 12.1 Å². The van der Waals surface area contributed by atoms with E-state index in [-0.39, 0.29) is 5.63 Å². The summed E-state index contributed by atoms with van der Waals surface area (Å²) in [5.74, 6) is 0. The van der Waals surface area contributed by atoms with Gasteiger partial charge in [0.15, 0.2) is 0 Å². The van der Waals surface area contributed by atoms with Crippen LogP contribution in [-0.2, 0) is 6.54 Å². The molecule has 4 rings (SSSR count). The fourth-order valence-corrected chi connectivity index (χ4v) is 3.87. The smallest absolute Gasteiger partial charge is 0.342 e. The highest BCUT2D eigenvalue weighted by Crippen LogP contribution is 2.31. The molecule has 0 saturated carbocycles. The van der Waals surface area contributed by atoms with Crippen LogP contribution in [0.3, 0.4) is 0 Å². The molecule has 0 N–H and O–H groups in total. The van der Waals surface area contributed by atoms with Crippen LogP contribution in [0, 0.1) is 0 Å². The van der Waals surface area contributed by atoms with Gasteiger partial charge < -0.3 is 14.2 Å². The molecule has 2 aromatic rings. The van der Waals surface area contributed by atoms with Crippen LogP contribution < -0.4 is 10.5 Å². The van der Waals surface area contributed by atoms with Crippen LogP contribution in [0.4, 0.5) is 5.69 Å². The maximum atomic E-state index is 12.7. The standard InChI is InChI=1S/C19H25N3O2/c1-20-10-12-22(13-11-20)18-15-6-2-3-7-17(15)24-19(23)16(18)14-21-8-4-5-9-21/h2-3,6-7H,4-5,8-14H2,1H3. The van der Waals surface area contributed by atoms with E-state index >= 15 is 0 Å². The van der Waals surface area contributed by atoms with Crippen molar-refractivity contribution < 1.29 is 4.42 Å². The molecule has 0 unspecified atom stereocenters. The number of para-hydroxylation sites is 1. The molecule has 0 spiro atoms. The largest absolute Gasteiger partial charge is 0.422 e. The van der Waals surface area contributed by atoms with E-state index in [1.54, 1.807) is 0 Å². The van der Waals surface area contributed by atoms with Crippen LogP contribution in [0.1, 0.15) is 18.4 Å². The summed E-state index contributed by atoms with van der Waals surface area (Å²) in [4.78, 5) is 19.8. The second-order valence-corrected chi connectivity index (χ2v) is 6.99. The lowest BCUT2D eigenvalue weighted by molar-refractivity contribution is 0.309. The molecule has 2 aliphatic rings. The number of likely N-dealkylation sites (tertiary alicyclic amines) is 1. The highest BCUT2D eigenvalue weighted by molar-refractivity contribution is 5.92. The second kappa shape index (κ2) is 6.57. The van der Waals surface area contributed by atoms with Crippen LogP contribution in [0.25, 0.3) is 11.0 Å². The molecule has 5 heteroatoms. The molecule has 2 aliphatic heterocycles. The van der Waals surface area contributed by atoms with Crippen molar-refractivity contribution in [2.24, 2.45) is 0 Å². The van der Waals surface area contributed by atoms with E-state index in [4.69, 9.17) is 4.42 Å². The first-order valence-corrected chi connectivity index (χ1v) is 8.93. The van der Waals surface area contributed by atoms with Gasteiger partial charge in [-0.15, -0.1) is 0 Å². The number of rotatable bonds is 3. The number of anilines is 1. The van der Waals surface area contributed by atoms with E-state index in [0.29, 0.717) is 12.1 Å². The Morgan fingerprint density at radius 1 is 1.00 bits per heavy atom. The van der Waals surface area contributed by atoms with Crippen molar-refractivity contribution in [2.45, 2.75) is 19.4 Å². The van der Waals surface area contributed by atoms with Crippen molar-refractivity contribution in [1.82, 2.24) is 9.80 Å². The molecule has 0 aliphatic carbocycles. The Morgan fingerprint density at radius 2 is 1.71 bits per heavy atom. The molecule has 0 amide bonds. The van der Waals surface area contributed by atoms with Crippen molar-refractivity contribution in [3.05, 3.63) is 40.2 Å². The molecule has 5 nitrogen and oxygen atoms in total. The van der Waals surface area contributed by atoms with Gasteiger partial charge in [0, 0.05) is 38.1 Å². The summed E-state index contributed by atoms with van der Waals surface area (Å²) in [6.45, 7) is 6.82. The molecule has 24 heavy (non-hydrogen) atoms. The topological polar surface area (TPSA) is 39.9 Å². The van der Waals surface area contributed by atoms with E-state index in [2.05, 4.69) is 27.8 Å². The number of fused-ring (bicyclic) bond motifs is 1. The minimum absolute atomic E-state index is 0.172. The molecule has 0 bridgehead atoms. The molecule has 3 heterocycles. The first-order chi connectivity index (χ1) is 11.7. The summed E-state index contributed by atoms with van der Waals surface area (Å²) in [6.07, 6.45) is 2.45. The second-order valence-electron chi connectivity index (χ2n) is 6.99. The van der Waals surface area contributed by atoms with Gasteiger partial charge in [0.25, 0.3) is 0 Å². The van der Waals surface area contributed by atoms with E-state index in [1.165, 1.54) is 12.8 Å². The Kier molecular flexibility index (Phi) is 4.29. The number of likely N-dealkylation sites (N-methyl/N-ethyl adjacent to an activating group) is 1. The number of hydrogen-bond donors (Lipinski definition) is 0. The summed E-state index contributed by atoms with van der Waals surface area (Å²) in [5, 5.41) is 1.07. The highest BCUT2D eigenvalue weighted by atomic mass is 16.4. The zero-order valence-corrected chi connectivity index (χ0v) is 14.3. The van der Waals surface area contributed by atoms with Crippen LogP contribution >= 0.6 is 0 Å². The summed E-state index contributed by atoms with van der Waals surface area (Å²) in [6, 6.07) is 7.94. The lowest BCUT2D eigenvalue weighted by atomic mass is 10.1. The molecule has 1 aromatic heterocycles. The average Bonchev–Trinajstić information content (AvgIpc) is 3.10. The first kappa shape index (κ1) is 15.7. The fraction of sp³-hybridized carbons (Fsp3) is 0.526. The van der Waals surface area contributed by atoms with Crippen molar-refractivity contribution >= 4 is 16.7 Å². The van der Waals surface area contributed by atoms with E-state index in [9.17, 15) is 4.79 Å². The third-order valence-electron chi connectivity index (χ3n) is 5.28. The molecular weight excluding hydrogens is 302 g/mol. The van der Waals surface area contributed by atoms with Crippen molar-refractivity contribution in [1.29, 1.82) is 0 Å². The normalized spacial score (nSPS) is 20.1. The number of benzene rings is 1. The molecule has 1 aromatic carbocycles. The lowest BCUT2D eigenvalue weighted by Gasteiger charge is -2.35. The molecular formula is C19H25N3O2. The quantitative estimate of drug-likeness (QED) is 0.808. The van der Waals surface area contributed by atoms with Crippen LogP contribution in [0.5, 0.6) is 0 Å². The average molecular weight is 327 g/mol. The summed E-state index contributed by atoms with van der Waals surface area (Å²) < 4.78 is 5.64. The number of hydrogen-bond acceptors (Lipinski definition) is 5. The Labute approximate surface area is 142 Å². The van der Waals surface area contributed by atoms with Gasteiger partial charge in [-0.2, -0.15) is 0 Å². The van der Waals surface area contributed by atoms with Crippen LogP contribution in [0.15, 0.2) is 33.5 Å². The Balaban J connectivity index is 1.81. The Hall–Kier alpha value is -1.85. The van der Waals surface area contributed by atoms with Gasteiger partial charge in [-0.25, -0.2) is 4.79 Å². The van der Waals surface area contributed by atoms with E-state index in [1.807, 2.05) is 18.2 Å². The Morgan fingerprint density at radius 3 is 2.46 bits per heavy atom. The third-order valence-corrected chi connectivity index (χ3v) is 5.28. The van der Waals surface area contributed by atoms with Crippen molar-refractivity contribution in [3.63, 3.8) is 0 Å². The Bertz CT molecular complexity index is 772. The van der Waals surface area contributed by atoms with Gasteiger partial charge in [-0.05, 0) is 45.1 Å². The highest BCUT2D eigenvalue weighted by Gasteiger charge is 2.25. The van der Waals surface area contributed by atoms with Gasteiger partial charge in [-0.3, -0.25) is 4.90 Å². The molecule has 128 valence electrons. The van der Waals surface area contributed by atoms with Gasteiger partial charge >= 0.3 is 5.63 Å². The van der Waals surface area contributed by atoms with Crippen molar-refractivity contribution in [3.8, 4) is 0 Å². The number of piperazine rings is 1. The van der Waals surface area contributed by atoms with Gasteiger partial charge in [0.1, 0.15) is 5.58 Å². The van der Waals surface area contributed by atoms with Crippen LogP contribution in [-0.4, -0.2) is 56.1 Å². The van der Waals surface area contributed by atoms with Gasteiger partial charge in [0.05, 0.1) is 11.3 Å². The van der Waals surface area contributed by atoms with Gasteiger partial charge in [0.2, 0.25) is 0 Å². The lowest BCUT2D eigenvalue weighted by Crippen LogP contribution is -2.45. The predicted octanol–water partition coefficient (Wildman–Crippen LogP) is 2.14. The monoisotopic (exact) mass is 327 g/mol. The summed E-state index contributed by atoms with van der Waals surface area (Å²) in [5.41, 5.74) is 2.46. The zero-order valence-electron chi connectivity index (χ0n) is 14.3. The van der Waals surface area contributed by atoms with Crippen LogP contribution in [0.2, 0.25) is 0 Å². The minimum Gasteiger partial charge on any atom is -0.422 e. The first-order valence-electron chi connectivity index (χ1n) is 8.93. The predicted molar refractivity (Wildman–Crippen MR) is 96.7 cm³/mol. The van der Waals surface area contributed by atoms with E-state index in [0.717, 1.165) is 55.9 Å². The molecule has 2 fully saturated rings. The number of nitrogens with zero attached hydrogens (tertiary/aromatic N) is 3. The van der Waals surface area contributed by atoms with Crippen molar-refractivity contribution in [2.75, 3.05) is 51.2 Å². The summed E-state index contributed by atoms with van der Waals surface area (Å²) in [7, 11) is 2.15. The maximum absolute atomic E-state index is 12.7. The maximum Gasteiger partial charge on any atom is 0.342 e. The SMILES string of the molecule is CN1CCN(c2c(CN3CCCC3)c(=O)oc3ccccc23)CC1. The minimum atomic E-state index is -0.172.